The summed E-state index contributed by atoms with van der Waals surface area (Å²) in [5.41, 5.74) is 2.10. The van der Waals surface area contributed by atoms with Gasteiger partial charge in [-0.3, -0.25) is 0 Å². The normalized spacial score (nSPS) is 26.9. The van der Waals surface area contributed by atoms with Crippen LogP contribution in [0, 0.1) is 0 Å². The summed E-state index contributed by atoms with van der Waals surface area (Å²) in [5, 5.41) is 0. The van der Waals surface area contributed by atoms with Crippen molar-refractivity contribution in [1.82, 2.24) is 0 Å². The first-order valence-corrected chi connectivity index (χ1v) is 11.2. The Morgan fingerprint density at radius 2 is 0.571 bits per heavy atom. The molecule has 0 heterocycles. The molecule has 1 radical (unpaired) electrons. The highest BCUT2D eigenvalue weighted by molar-refractivity contribution is 7.39. The molecule has 2 aliphatic carbocycles. The summed E-state index contributed by atoms with van der Waals surface area (Å²) < 4.78 is 0. The summed E-state index contributed by atoms with van der Waals surface area (Å²) >= 11 is 0. The summed E-state index contributed by atoms with van der Waals surface area (Å²) in [6.07, 6.45) is 27.3. The molecule has 2 saturated carbocycles. The van der Waals surface area contributed by atoms with Gasteiger partial charge >= 0.3 is 0 Å². The zero-order valence-corrected chi connectivity index (χ0v) is 15.2. The molecule has 0 amide bonds. The second kappa shape index (κ2) is 11.9. The van der Waals surface area contributed by atoms with E-state index in [1.54, 1.807) is 0 Å². The molecule has 1 heteroatoms. The van der Waals surface area contributed by atoms with Crippen LogP contribution in [0.15, 0.2) is 0 Å². The van der Waals surface area contributed by atoms with E-state index < -0.39 is 0 Å². The van der Waals surface area contributed by atoms with Gasteiger partial charge in [0.05, 0.1) is 0 Å². The molecule has 0 nitrogen and oxygen atoms in total. The lowest BCUT2D eigenvalue weighted by Crippen LogP contribution is -2.09. The van der Waals surface area contributed by atoms with E-state index in [1.165, 1.54) is 116 Å². The minimum absolute atomic E-state index is 1.05. The lowest BCUT2D eigenvalue weighted by molar-refractivity contribution is 0.580. The van der Waals surface area contributed by atoms with E-state index in [0.717, 1.165) is 11.3 Å². The monoisotopic (exact) mass is 309 g/mol. The van der Waals surface area contributed by atoms with Crippen LogP contribution in [0.5, 0.6) is 0 Å². The fourth-order valence-corrected chi connectivity index (χ4v) is 6.10. The fourth-order valence-electron chi connectivity index (χ4n) is 4.17. The standard InChI is InChI=1S/C20H38P/c1-2-4-8-12-16-19(15-11-7-3-1)21-20-17-13-9-5-6-10-14-18-20/h19-20H,1-18H2. The molecule has 123 valence electrons. The van der Waals surface area contributed by atoms with Gasteiger partial charge in [-0.2, -0.15) is 0 Å². The molecule has 0 spiro atoms. The van der Waals surface area contributed by atoms with Crippen molar-refractivity contribution in [3.8, 4) is 0 Å². The van der Waals surface area contributed by atoms with E-state index in [0.29, 0.717) is 0 Å². The fraction of sp³-hybridized carbons (Fsp3) is 1.00. The lowest BCUT2D eigenvalue weighted by Gasteiger charge is -2.23. The quantitative estimate of drug-likeness (QED) is 0.458. The van der Waals surface area contributed by atoms with Crippen LogP contribution in [0.2, 0.25) is 0 Å². The van der Waals surface area contributed by atoms with Crippen LogP contribution in [0.4, 0.5) is 0 Å². The average Bonchev–Trinajstić information content (AvgIpc) is 2.57. The van der Waals surface area contributed by atoms with Crippen LogP contribution >= 0.6 is 8.58 Å². The van der Waals surface area contributed by atoms with Gasteiger partial charge < -0.3 is 0 Å². The first-order chi connectivity index (χ1) is 10.4. The van der Waals surface area contributed by atoms with E-state index >= 15 is 0 Å². The Morgan fingerprint density at radius 1 is 0.333 bits per heavy atom. The maximum Gasteiger partial charge on any atom is -0.0168 e. The number of rotatable bonds is 2. The van der Waals surface area contributed by atoms with Gasteiger partial charge in [-0.05, 0) is 37.0 Å². The Bertz CT molecular complexity index is 216. The summed E-state index contributed by atoms with van der Waals surface area (Å²) in [4.78, 5) is 0. The van der Waals surface area contributed by atoms with Crippen LogP contribution in [0.3, 0.4) is 0 Å². The van der Waals surface area contributed by atoms with E-state index in [4.69, 9.17) is 0 Å². The smallest absolute Gasteiger partial charge is 0.0168 e. The van der Waals surface area contributed by atoms with Crippen molar-refractivity contribution in [1.29, 1.82) is 0 Å². The second-order valence-electron chi connectivity index (χ2n) is 7.56. The van der Waals surface area contributed by atoms with Crippen molar-refractivity contribution in [2.24, 2.45) is 0 Å². The van der Waals surface area contributed by atoms with Crippen LogP contribution in [-0.2, 0) is 0 Å². The van der Waals surface area contributed by atoms with Gasteiger partial charge in [0.15, 0.2) is 0 Å². The summed E-state index contributed by atoms with van der Waals surface area (Å²) in [5.74, 6) is 0. The zero-order valence-electron chi connectivity index (χ0n) is 14.3. The second-order valence-corrected chi connectivity index (χ2v) is 9.32. The Morgan fingerprint density at radius 3 is 0.857 bits per heavy atom. The van der Waals surface area contributed by atoms with Crippen molar-refractivity contribution >= 4 is 8.58 Å². The molecule has 2 fully saturated rings. The molecule has 0 aromatic carbocycles. The van der Waals surface area contributed by atoms with Crippen molar-refractivity contribution in [3.63, 3.8) is 0 Å². The van der Waals surface area contributed by atoms with Crippen molar-refractivity contribution in [2.75, 3.05) is 0 Å². The summed E-state index contributed by atoms with van der Waals surface area (Å²) in [6.45, 7) is 0. The average molecular weight is 309 g/mol. The van der Waals surface area contributed by atoms with Gasteiger partial charge in [0.25, 0.3) is 0 Å². The summed E-state index contributed by atoms with van der Waals surface area (Å²) in [7, 11) is 1.86. The third-order valence-corrected chi connectivity index (χ3v) is 7.45. The number of hydrogen-bond acceptors (Lipinski definition) is 0. The van der Waals surface area contributed by atoms with Crippen LogP contribution in [0.25, 0.3) is 0 Å². The van der Waals surface area contributed by atoms with Gasteiger partial charge in [-0.15, -0.1) is 0 Å². The maximum absolute atomic E-state index is 1.86. The van der Waals surface area contributed by atoms with E-state index in [2.05, 4.69) is 0 Å². The molecule has 0 aromatic heterocycles. The number of hydrogen-bond donors (Lipinski definition) is 0. The van der Waals surface area contributed by atoms with Crippen molar-refractivity contribution < 1.29 is 0 Å². The Hall–Kier alpha value is 0.430. The SMILES string of the molecule is C1CCCCCC([P]C2CCCCCCCC2)CCCC1. The Balaban J connectivity index is 1.75. The van der Waals surface area contributed by atoms with Crippen LogP contribution in [-0.4, -0.2) is 11.3 Å². The third kappa shape index (κ3) is 8.59. The molecule has 0 aliphatic heterocycles. The topological polar surface area (TPSA) is 0 Å². The molecule has 0 bridgehead atoms. The zero-order chi connectivity index (χ0) is 14.6. The molecule has 0 N–H and O–H groups in total. The highest BCUT2D eigenvalue weighted by Crippen LogP contribution is 2.39. The minimum atomic E-state index is 1.05. The molecule has 2 aliphatic rings. The minimum Gasteiger partial charge on any atom is -0.0741 e. The van der Waals surface area contributed by atoms with Gasteiger partial charge in [0, 0.05) is 0 Å². The first-order valence-electron chi connectivity index (χ1n) is 10.1. The predicted octanol–water partition coefficient (Wildman–Crippen LogP) is 7.72. The molecule has 0 unspecified atom stereocenters. The van der Waals surface area contributed by atoms with Gasteiger partial charge in [-0.1, -0.05) is 98.5 Å². The lowest BCUT2D eigenvalue weighted by atomic mass is 10.1. The highest BCUT2D eigenvalue weighted by Gasteiger charge is 2.18. The van der Waals surface area contributed by atoms with Crippen molar-refractivity contribution in [2.45, 2.75) is 127 Å². The maximum atomic E-state index is 1.86. The third-order valence-electron chi connectivity index (χ3n) is 5.57. The molecule has 2 rings (SSSR count). The molecule has 0 aromatic rings. The van der Waals surface area contributed by atoms with E-state index in [9.17, 15) is 0 Å². The molecular formula is C20H38P. The van der Waals surface area contributed by atoms with Crippen LogP contribution < -0.4 is 0 Å². The van der Waals surface area contributed by atoms with E-state index in [-0.39, 0.29) is 0 Å². The molecule has 0 saturated heterocycles. The molecule has 0 atom stereocenters. The predicted molar refractivity (Wildman–Crippen MR) is 97.6 cm³/mol. The Kier molecular flexibility index (Phi) is 10.1. The van der Waals surface area contributed by atoms with Gasteiger partial charge in [-0.25, -0.2) is 0 Å². The molecule has 21 heavy (non-hydrogen) atoms. The molecular weight excluding hydrogens is 271 g/mol. The Labute approximate surface area is 136 Å². The van der Waals surface area contributed by atoms with Crippen molar-refractivity contribution in [3.05, 3.63) is 0 Å². The van der Waals surface area contributed by atoms with Gasteiger partial charge in [0.1, 0.15) is 0 Å². The van der Waals surface area contributed by atoms with E-state index in [1.807, 2.05) is 8.58 Å². The van der Waals surface area contributed by atoms with Crippen LogP contribution in [0.1, 0.15) is 116 Å². The largest absolute Gasteiger partial charge is 0.0741 e. The first kappa shape index (κ1) is 17.8. The van der Waals surface area contributed by atoms with Gasteiger partial charge in [0.2, 0.25) is 0 Å². The summed E-state index contributed by atoms with van der Waals surface area (Å²) in [6, 6.07) is 0. The highest BCUT2D eigenvalue weighted by atomic mass is 31.1.